The molecule has 1 unspecified atom stereocenters. The molecule has 1 atom stereocenters. The van der Waals surface area contributed by atoms with Crippen LogP contribution < -0.4 is 10.1 Å². The molecule has 0 aliphatic carbocycles. The van der Waals surface area contributed by atoms with Crippen LogP contribution in [0, 0.1) is 0 Å². The quantitative estimate of drug-likeness (QED) is 0.782. The third kappa shape index (κ3) is 2.10. The van der Waals surface area contributed by atoms with Crippen LogP contribution in [0.15, 0.2) is 24.3 Å². The van der Waals surface area contributed by atoms with Crippen molar-refractivity contribution in [3.05, 3.63) is 29.8 Å². The van der Waals surface area contributed by atoms with E-state index >= 15 is 0 Å². The maximum absolute atomic E-state index is 11.1. The van der Waals surface area contributed by atoms with Crippen LogP contribution in [0.5, 0.6) is 5.75 Å². The molecule has 0 radical (unpaired) electrons. The Morgan fingerprint density at radius 3 is 2.27 bits per heavy atom. The molecule has 1 aromatic carbocycles. The summed E-state index contributed by atoms with van der Waals surface area (Å²) in [6.07, 6.45) is 0. The molecule has 0 aliphatic rings. The first-order valence-electron chi connectivity index (χ1n) is 4.61. The van der Waals surface area contributed by atoms with Crippen LogP contribution in [0.25, 0.3) is 0 Å². The molecule has 1 rings (SSSR count). The normalized spacial score (nSPS) is 14.3. The number of rotatable bonds is 4. The maximum atomic E-state index is 11.1. The minimum Gasteiger partial charge on any atom is -0.497 e. The molecule has 4 nitrogen and oxygen atoms in total. The standard InChI is InChI=1S/C11H15NO3/c1-11(12-2,10(13)14)8-4-6-9(15-3)7-5-8/h4-7,12H,1-3H3,(H,13,14). The Balaban J connectivity index is 3.08. The molecule has 0 aliphatic heterocycles. The van der Waals surface area contributed by atoms with E-state index in [1.807, 2.05) is 0 Å². The number of carboxylic acid groups (broad SMARTS) is 1. The number of carboxylic acids is 1. The number of likely N-dealkylation sites (N-methyl/N-ethyl adjacent to an activating group) is 1. The fraction of sp³-hybridized carbons (Fsp3) is 0.364. The summed E-state index contributed by atoms with van der Waals surface area (Å²) in [5.41, 5.74) is -0.370. The van der Waals surface area contributed by atoms with E-state index in [2.05, 4.69) is 5.32 Å². The van der Waals surface area contributed by atoms with Gasteiger partial charge in [-0.15, -0.1) is 0 Å². The topological polar surface area (TPSA) is 58.6 Å². The van der Waals surface area contributed by atoms with Gasteiger partial charge in [0.1, 0.15) is 11.3 Å². The van der Waals surface area contributed by atoms with Crippen molar-refractivity contribution in [2.24, 2.45) is 0 Å². The number of carbonyl (C=O) groups is 1. The summed E-state index contributed by atoms with van der Waals surface area (Å²) in [6.45, 7) is 1.62. The Kier molecular flexibility index (Phi) is 3.31. The van der Waals surface area contributed by atoms with Crippen molar-refractivity contribution in [2.45, 2.75) is 12.5 Å². The van der Waals surface area contributed by atoms with Gasteiger partial charge in [0.15, 0.2) is 0 Å². The summed E-state index contributed by atoms with van der Waals surface area (Å²) < 4.78 is 5.01. The second kappa shape index (κ2) is 4.31. The zero-order valence-corrected chi connectivity index (χ0v) is 9.07. The van der Waals surface area contributed by atoms with E-state index in [4.69, 9.17) is 9.84 Å². The highest BCUT2D eigenvalue weighted by atomic mass is 16.5. The highest BCUT2D eigenvalue weighted by molar-refractivity contribution is 5.80. The number of nitrogens with one attached hydrogen (secondary N) is 1. The van der Waals surface area contributed by atoms with E-state index in [1.165, 1.54) is 0 Å². The Hall–Kier alpha value is -1.55. The number of hydrogen-bond donors (Lipinski definition) is 2. The maximum Gasteiger partial charge on any atom is 0.328 e. The summed E-state index contributed by atoms with van der Waals surface area (Å²) >= 11 is 0. The lowest BCUT2D eigenvalue weighted by Gasteiger charge is -2.24. The minimum absolute atomic E-state index is 0.693. The summed E-state index contributed by atoms with van der Waals surface area (Å²) in [5.74, 6) is -0.197. The summed E-state index contributed by atoms with van der Waals surface area (Å²) in [5, 5.41) is 11.9. The van der Waals surface area contributed by atoms with Crippen molar-refractivity contribution < 1.29 is 14.6 Å². The third-order valence-electron chi connectivity index (χ3n) is 2.60. The van der Waals surface area contributed by atoms with Crippen LogP contribution in [0.1, 0.15) is 12.5 Å². The SMILES string of the molecule is CNC(C)(C(=O)O)c1ccc(OC)cc1. The zero-order valence-electron chi connectivity index (χ0n) is 9.07. The van der Waals surface area contributed by atoms with E-state index in [0.717, 1.165) is 0 Å². The van der Waals surface area contributed by atoms with Crippen LogP contribution in [0.2, 0.25) is 0 Å². The van der Waals surface area contributed by atoms with E-state index in [9.17, 15) is 4.79 Å². The molecule has 0 spiro atoms. The molecule has 0 aromatic heterocycles. The molecule has 1 aromatic rings. The summed E-state index contributed by atoms with van der Waals surface area (Å²) in [7, 11) is 3.20. The van der Waals surface area contributed by atoms with E-state index in [1.54, 1.807) is 45.3 Å². The highest BCUT2D eigenvalue weighted by Gasteiger charge is 2.33. The lowest BCUT2D eigenvalue weighted by molar-refractivity contribution is -0.144. The lowest BCUT2D eigenvalue weighted by Crippen LogP contribution is -2.44. The number of ether oxygens (including phenoxy) is 1. The smallest absolute Gasteiger partial charge is 0.328 e. The van der Waals surface area contributed by atoms with Crippen LogP contribution in [-0.4, -0.2) is 25.2 Å². The molecule has 0 heterocycles. The molecule has 0 amide bonds. The molecule has 15 heavy (non-hydrogen) atoms. The van der Waals surface area contributed by atoms with E-state index in [0.29, 0.717) is 11.3 Å². The summed E-state index contributed by atoms with van der Waals surface area (Å²) in [4.78, 5) is 11.1. The number of methoxy groups -OCH3 is 1. The third-order valence-corrected chi connectivity index (χ3v) is 2.60. The molecule has 0 saturated heterocycles. The Labute approximate surface area is 88.9 Å². The van der Waals surface area contributed by atoms with Gasteiger partial charge in [-0.25, -0.2) is 4.79 Å². The molecule has 2 N–H and O–H groups in total. The Bertz CT molecular complexity index is 347. The predicted octanol–water partition coefficient (Wildman–Crippen LogP) is 1.21. The van der Waals surface area contributed by atoms with Gasteiger partial charge in [0.2, 0.25) is 0 Å². The predicted molar refractivity (Wildman–Crippen MR) is 57.0 cm³/mol. The number of hydrogen-bond acceptors (Lipinski definition) is 3. The average Bonchev–Trinajstić information content (AvgIpc) is 2.28. The second-order valence-corrected chi connectivity index (χ2v) is 3.41. The first-order chi connectivity index (χ1) is 7.04. The van der Waals surface area contributed by atoms with Crippen molar-refractivity contribution in [1.29, 1.82) is 0 Å². The van der Waals surface area contributed by atoms with Crippen molar-refractivity contribution in [3.63, 3.8) is 0 Å². The molecular formula is C11H15NO3. The molecule has 82 valence electrons. The number of benzene rings is 1. The Morgan fingerprint density at radius 2 is 1.93 bits per heavy atom. The van der Waals surface area contributed by atoms with E-state index < -0.39 is 11.5 Å². The van der Waals surface area contributed by atoms with Gasteiger partial charge >= 0.3 is 5.97 Å². The van der Waals surface area contributed by atoms with Crippen LogP contribution in [-0.2, 0) is 10.3 Å². The molecule has 4 heteroatoms. The van der Waals surface area contributed by atoms with Crippen LogP contribution in [0.4, 0.5) is 0 Å². The summed E-state index contributed by atoms with van der Waals surface area (Å²) in [6, 6.07) is 6.97. The van der Waals surface area contributed by atoms with Gasteiger partial charge in [0, 0.05) is 0 Å². The van der Waals surface area contributed by atoms with Crippen LogP contribution >= 0.6 is 0 Å². The molecule has 0 fully saturated rings. The van der Waals surface area contributed by atoms with Gasteiger partial charge in [-0.1, -0.05) is 12.1 Å². The van der Waals surface area contributed by atoms with Gasteiger partial charge in [-0.3, -0.25) is 0 Å². The highest BCUT2D eigenvalue weighted by Crippen LogP contribution is 2.22. The first-order valence-corrected chi connectivity index (χ1v) is 4.61. The van der Waals surface area contributed by atoms with Crippen molar-refractivity contribution in [2.75, 3.05) is 14.2 Å². The van der Waals surface area contributed by atoms with Gasteiger partial charge in [-0.2, -0.15) is 0 Å². The zero-order chi connectivity index (χ0) is 11.5. The first kappa shape index (κ1) is 11.5. The second-order valence-electron chi connectivity index (χ2n) is 3.41. The minimum atomic E-state index is -1.06. The van der Waals surface area contributed by atoms with Gasteiger partial charge in [-0.05, 0) is 31.7 Å². The number of aliphatic carboxylic acids is 1. The monoisotopic (exact) mass is 209 g/mol. The Morgan fingerprint density at radius 1 is 1.40 bits per heavy atom. The van der Waals surface area contributed by atoms with Gasteiger partial charge < -0.3 is 15.2 Å². The van der Waals surface area contributed by atoms with Crippen molar-refractivity contribution in [1.82, 2.24) is 5.32 Å². The molecule has 0 saturated carbocycles. The molecule has 0 bridgehead atoms. The van der Waals surface area contributed by atoms with Gasteiger partial charge in [0.25, 0.3) is 0 Å². The van der Waals surface area contributed by atoms with Crippen molar-refractivity contribution >= 4 is 5.97 Å². The van der Waals surface area contributed by atoms with Crippen molar-refractivity contribution in [3.8, 4) is 5.75 Å². The van der Waals surface area contributed by atoms with Crippen LogP contribution in [0.3, 0.4) is 0 Å². The fourth-order valence-electron chi connectivity index (χ4n) is 1.30. The largest absolute Gasteiger partial charge is 0.497 e. The fourth-order valence-corrected chi connectivity index (χ4v) is 1.30. The lowest BCUT2D eigenvalue weighted by atomic mass is 9.92. The van der Waals surface area contributed by atoms with E-state index in [-0.39, 0.29) is 0 Å². The molecular weight excluding hydrogens is 194 g/mol. The van der Waals surface area contributed by atoms with Gasteiger partial charge in [0.05, 0.1) is 7.11 Å². The average molecular weight is 209 g/mol.